The second kappa shape index (κ2) is 3.05. The van der Waals surface area contributed by atoms with Gasteiger partial charge in [0.05, 0.1) is 5.02 Å². The molecule has 68 valence electrons. The lowest BCUT2D eigenvalue weighted by Crippen LogP contribution is -2.04. The van der Waals surface area contributed by atoms with E-state index in [1.807, 2.05) is 25.1 Å². The smallest absolute Gasteiger partial charge is 0.0662 e. The quantitative estimate of drug-likeness (QED) is 0.720. The van der Waals surface area contributed by atoms with Crippen molar-refractivity contribution < 1.29 is 0 Å². The fraction of sp³-hybridized carbons (Fsp3) is 0.200. The summed E-state index contributed by atoms with van der Waals surface area (Å²) >= 11 is 6.04. The zero-order chi connectivity index (χ0) is 9.42. The van der Waals surface area contributed by atoms with Crippen LogP contribution in [0.25, 0.3) is 10.9 Å². The lowest BCUT2D eigenvalue weighted by atomic mass is 10.0. The molecule has 1 heterocycles. The summed E-state index contributed by atoms with van der Waals surface area (Å²) in [7, 11) is 0. The van der Waals surface area contributed by atoms with Crippen LogP contribution in [0.4, 0.5) is 0 Å². The number of H-pyrrole nitrogens is 1. The number of benzene rings is 1. The van der Waals surface area contributed by atoms with Gasteiger partial charge in [-0.15, -0.1) is 0 Å². The van der Waals surface area contributed by atoms with Gasteiger partial charge in [0.25, 0.3) is 0 Å². The van der Waals surface area contributed by atoms with Crippen LogP contribution in [0.15, 0.2) is 24.4 Å². The number of hydrogen-bond donors (Lipinski definition) is 2. The van der Waals surface area contributed by atoms with Crippen molar-refractivity contribution in [1.82, 2.24) is 4.98 Å². The van der Waals surface area contributed by atoms with Crippen LogP contribution in [0.1, 0.15) is 18.5 Å². The maximum absolute atomic E-state index is 6.04. The summed E-state index contributed by atoms with van der Waals surface area (Å²) in [6.07, 6.45) is 1.79. The molecule has 0 radical (unpaired) electrons. The van der Waals surface area contributed by atoms with Gasteiger partial charge in [-0.1, -0.05) is 23.7 Å². The highest BCUT2D eigenvalue weighted by Crippen LogP contribution is 2.29. The van der Waals surface area contributed by atoms with E-state index in [-0.39, 0.29) is 6.04 Å². The molecule has 0 aliphatic carbocycles. The summed E-state index contributed by atoms with van der Waals surface area (Å²) in [6, 6.07) is 5.99. The first-order valence-electron chi connectivity index (χ1n) is 4.21. The Morgan fingerprint density at radius 3 is 2.92 bits per heavy atom. The van der Waals surface area contributed by atoms with Crippen molar-refractivity contribution in [2.45, 2.75) is 13.0 Å². The average Bonchev–Trinajstić information content (AvgIpc) is 2.48. The molecular formula is C10H11ClN2. The molecule has 2 aromatic rings. The molecule has 0 aliphatic rings. The minimum Gasteiger partial charge on any atom is -0.360 e. The minimum absolute atomic E-state index is 0.0111. The van der Waals surface area contributed by atoms with Crippen molar-refractivity contribution in [3.05, 3.63) is 35.0 Å². The highest BCUT2D eigenvalue weighted by molar-refractivity contribution is 6.35. The Morgan fingerprint density at radius 2 is 2.23 bits per heavy atom. The van der Waals surface area contributed by atoms with E-state index in [1.165, 1.54) is 0 Å². The van der Waals surface area contributed by atoms with Crippen molar-refractivity contribution >= 4 is 22.5 Å². The molecule has 1 unspecified atom stereocenters. The van der Waals surface area contributed by atoms with Gasteiger partial charge in [0.2, 0.25) is 0 Å². The van der Waals surface area contributed by atoms with E-state index < -0.39 is 0 Å². The first-order chi connectivity index (χ1) is 6.20. The fourth-order valence-corrected chi connectivity index (χ4v) is 1.82. The van der Waals surface area contributed by atoms with E-state index in [1.54, 1.807) is 6.20 Å². The van der Waals surface area contributed by atoms with Crippen LogP contribution in [0.5, 0.6) is 0 Å². The number of nitrogens with two attached hydrogens (primary N) is 1. The molecule has 0 aliphatic heterocycles. The zero-order valence-corrected chi connectivity index (χ0v) is 8.10. The van der Waals surface area contributed by atoms with Gasteiger partial charge in [-0.25, -0.2) is 0 Å². The van der Waals surface area contributed by atoms with Crippen LogP contribution in [0.3, 0.4) is 0 Å². The van der Waals surface area contributed by atoms with Gasteiger partial charge in [0, 0.05) is 23.1 Å². The summed E-state index contributed by atoms with van der Waals surface area (Å²) in [5.74, 6) is 0. The minimum atomic E-state index is 0.0111. The number of hydrogen-bond acceptors (Lipinski definition) is 1. The molecule has 0 spiro atoms. The Hall–Kier alpha value is -0.990. The SMILES string of the molecule is CC(N)c1cccc2[nH]cc(Cl)c12. The number of nitrogens with one attached hydrogen (secondary N) is 1. The third kappa shape index (κ3) is 1.32. The molecule has 0 fully saturated rings. The highest BCUT2D eigenvalue weighted by Gasteiger charge is 2.08. The van der Waals surface area contributed by atoms with Gasteiger partial charge in [0.15, 0.2) is 0 Å². The van der Waals surface area contributed by atoms with Crippen LogP contribution in [-0.4, -0.2) is 4.98 Å². The molecule has 13 heavy (non-hydrogen) atoms. The van der Waals surface area contributed by atoms with E-state index in [4.69, 9.17) is 17.3 Å². The molecule has 0 saturated heterocycles. The Balaban J connectivity index is 2.80. The Kier molecular flexibility index (Phi) is 2.02. The second-order valence-corrected chi connectivity index (χ2v) is 3.60. The third-order valence-electron chi connectivity index (χ3n) is 2.18. The predicted octanol–water partition coefficient (Wildman–Crippen LogP) is 2.84. The largest absolute Gasteiger partial charge is 0.360 e. The molecule has 3 N–H and O–H groups in total. The van der Waals surface area contributed by atoms with Gasteiger partial charge >= 0.3 is 0 Å². The summed E-state index contributed by atoms with van der Waals surface area (Å²) in [4.78, 5) is 3.10. The van der Waals surface area contributed by atoms with E-state index >= 15 is 0 Å². The Labute approximate surface area is 81.7 Å². The fourth-order valence-electron chi connectivity index (χ4n) is 1.55. The summed E-state index contributed by atoms with van der Waals surface area (Å²) in [6.45, 7) is 1.96. The number of halogens is 1. The summed E-state index contributed by atoms with van der Waals surface area (Å²) in [5.41, 5.74) is 7.96. The third-order valence-corrected chi connectivity index (χ3v) is 2.48. The topological polar surface area (TPSA) is 41.8 Å². The lowest BCUT2D eigenvalue weighted by molar-refractivity contribution is 0.827. The van der Waals surface area contributed by atoms with Crippen LogP contribution in [-0.2, 0) is 0 Å². The maximum atomic E-state index is 6.04. The monoisotopic (exact) mass is 194 g/mol. The van der Waals surface area contributed by atoms with Gasteiger partial charge in [-0.05, 0) is 18.6 Å². The van der Waals surface area contributed by atoms with Crippen LogP contribution >= 0.6 is 11.6 Å². The molecule has 1 aromatic heterocycles. The maximum Gasteiger partial charge on any atom is 0.0662 e. The molecule has 2 nitrogen and oxygen atoms in total. The first kappa shape index (κ1) is 8.60. The molecule has 1 aromatic carbocycles. The first-order valence-corrected chi connectivity index (χ1v) is 4.59. The van der Waals surface area contributed by atoms with Crippen LogP contribution in [0.2, 0.25) is 5.02 Å². The Morgan fingerprint density at radius 1 is 1.46 bits per heavy atom. The molecule has 0 amide bonds. The number of fused-ring (bicyclic) bond motifs is 1. The number of aromatic amines is 1. The second-order valence-electron chi connectivity index (χ2n) is 3.20. The van der Waals surface area contributed by atoms with Crippen molar-refractivity contribution in [3.8, 4) is 0 Å². The molecule has 2 rings (SSSR count). The Bertz CT molecular complexity index is 431. The number of rotatable bonds is 1. The van der Waals surface area contributed by atoms with Gasteiger partial charge in [0.1, 0.15) is 0 Å². The zero-order valence-electron chi connectivity index (χ0n) is 7.34. The standard InChI is InChI=1S/C10H11ClN2/c1-6(12)7-3-2-4-9-10(7)8(11)5-13-9/h2-6,13H,12H2,1H3. The average molecular weight is 195 g/mol. The van der Waals surface area contributed by atoms with Gasteiger partial charge < -0.3 is 10.7 Å². The number of aromatic nitrogens is 1. The van der Waals surface area contributed by atoms with Crippen LogP contribution in [0, 0.1) is 0 Å². The van der Waals surface area contributed by atoms with Crippen molar-refractivity contribution in [2.24, 2.45) is 5.73 Å². The molecular weight excluding hydrogens is 184 g/mol. The molecule has 1 atom stereocenters. The van der Waals surface area contributed by atoms with Crippen molar-refractivity contribution in [1.29, 1.82) is 0 Å². The van der Waals surface area contributed by atoms with E-state index in [2.05, 4.69) is 4.98 Å². The lowest BCUT2D eigenvalue weighted by Gasteiger charge is -2.06. The summed E-state index contributed by atoms with van der Waals surface area (Å²) in [5, 5.41) is 1.78. The van der Waals surface area contributed by atoms with E-state index in [9.17, 15) is 0 Å². The van der Waals surface area contributed by atoms with E-state index in [0.717, 1.165) is 21.5 Å². The molecule has 0 saturated carbocycles. The molecule has 0 bridgehead atoms. The molecule has 3 heteroatoms. The van der Waals surface area contributed by atoms with E-state index in [0.29, 0.717) is 0 Å². The highest BCUT2D eigenvalue weighted by atomic mass is 35.5. The predicted molar refractivity (Wildman–Crippen MR) is 55.9 cm³/mol. The van der Waals surface area contributed by atoms with Gasteiger partial charge in [-0.3, -0.25) is 0 Å². The van der Waals surface area contributed by atoms with Crippen molar-refractivity contribution in [2.75, 3.05) is 0 Å². The normalized spacial score (nSPS) is 13.5. The van der Waals surface area contributed by atoms with Crippen molar-refractivity contribution in [3.63, 3.8) is 0 Å². The summed E-state index contributed by atoms with van der Waals surface area (Å²) < 4.78 is 0. The van der Waals surface area contributed by atoms with Gasteiger partial charge in [-0.2, -0.15) is 0 Å². The van der Waals surface area contributed by atoms with Crippen LogP contribution < -0.4 is 5.73 Å².